The zero-order valence-corrected chi connectivity index (χ0v) is 10.3. The first-order valence-corrected chi connectivity index (χ1v) is 6.17. The summed E-state index contributed by atoms with van der Waals surface area (Å²) in [6, 6.07) is 0. The highest BCUT2D eigenvalue weighted by molar-refractivity contribution is 5.83. The second-order valence-electron chi connectivity index (χ2n) is 4.53. The number of nitrogens with one attached hydrogen (secondary N) is 2. The third-order valence-electron chi connectivity index (χ3n) is 3.43. The fourth-order valence-corrected chi connectivity index (χ4v) is 2.12. The first-order valence-electron chi connectivity index (χ1n) is 6.17. The molecule has 18 heavy (non-hydrogen) atoms. The predicted octanol–water partition coefficient (Wildman–Crippen LogP) is -0.781. The van der Waals surface area contributed by atoms with E-state index in [1.54, 1.807) is 0 Å². The molecule has 100 valence electrons. The fraction of sp³-hybridized carbons (Fsp3) is 0.727. The SMILES string of the molecule is NCC1(C(=O)NCCc2ncn[nH]2)CCOCC1. The molecule has 0 bridgehead atoms. The standard InChI is InChI=1S/C11H19N5O2/c12-7-11(2-5-18-6-3-11)10(17)13-4-1-9-14-8-15-16-9/h8H,1-7,12H2,(H,13,17)(H,14,15,16). The Bertz CT molecular complexity index is 373. The van der Waals surface area contributed by atoms with E-state index in [0.717, 1.165) is 5.82 Å². The zero-order valence-electron chi connectivity index (χ0n) is 10.3. The van der Waals surface area contributed by atoms with Crippen LogP contribution in [0.15, 0.2) is 6.33 Å². The molecule has 1 saturated heterocycles. The number of hydrogen-bond acceptors (Lipinski definition) is 5. The Morgan fingerprint density at radius 2 is 2.33 bits per heavy atom. The molecule has 0 unspecified atom stereocenters. The zero-order chi connectivity index (χ0) is 12.8. The highest BCUT2D eigenvalue weighted by atomic mass is 16.5. The van der Waals surface area contributed by atoms with Crippen LogP contribution in [-0.2, 0) is 16.0 Å². The first-order chi connectivity index (χ1) is 8.77. The molecule has 2 rings (SSSR count). The van der Waals surface area contributed by atoms with Gasteiger partial charge in [-0.25, -0.2) is 4.98 Å². The molecule has 0 saturated carbocycles. The summed E-state index contributed by atoms with van der Waals surface area (Å²) in [4.78, 5) is 16.2. The van der Waals surface area contributed by atoms with Gasteiger partial charge >= 0.3 is 0 Å². The van der Waals surface area contributed by atoms with Gasteiger partial charge < -0.3 is 15.8 Å². The molecule has 7 heteroatoms. The molecule has 1 fully saturated rings. The number of aromatic nitrogens is 3. The number of hydrogen-bond donors (Lipinski definition) is 3. The Morgan fingerprint density at radius 1 is 1.56 bits per heavy atom. The molecule has 0 spiro atoms. The van der Waals surface area contributed by atoms with E-state index in [9.17, 15) is 4.79 Å². The van der Waals surface area contributed by atoms with Crippen LogP contribution < -0.4 is 11.1 Å². The second-order valence-corrected chi connectivity index (χ2v) is 4.53. The van der Waals surface area contributed by atoms with E-state index in [-0.39, 0.29) is 5.91 Å². The molecule has 0 radical (unpaired) electrons. The Labute approximate surface area is 105 Å². The largest absolute Gasteiger partial charge is 0.381 e. The van der Waals surface area contributed by atoms with E-state index in [4.69, 9.17) is 10.5 Å². The Kier molecular flexibility index (Phi) is 4.27. The van der Waals surface area contributed by atoms with Crippen molar-refractivity contribution in [1.82, 2.24) is 20.5 Å². The number of ether oxygens (including phenoxy) is 1. The van der Waals surface area contributed by atoms with Crippen LogP contribution in [0.3, 0.4) is 0 Å². The third kappa shape index (κ3) is 2.85. The summed E-state index contributed by atoms with van der Waals surface area (Å²) < 4.78 is 5.28. The lowest BCUT2D eigenvalue weighted by Crippen LogP contribution is -2.49. The van der Waals surface area contributed by atoms with Gasteiger partial charge in [0.2, 0.25) is 5.91 Å². The lowest BCUT2D eigenvalue weighted by atomic mass is 9.79. The lowest BCUT2D eigenvalue weighted by molar-refractivity contribution is -0.135. The smallest absolute Gasteiger partial charge is 0.227 e. The van der Waals surface area contributed by atoms with Gasteiger partial charge in [-0.05, 0) is 12.8 Å². The molecule has 0 aromatic carbocycles. The molecular formula is C11H19N5O2. The van der Waals surface area contributed by atoms with Gasteiger partial charge in [-0.1, -0.05) is 0 Å². The van der Waals surface area contributed by atoms with E-state index < -0.39 is 5.41 Å². The lowest BCUT2D eigenvalue weighted by Gasteiger charge is -2.34. The average molecular weight is 253 g/mol. The fourth-order valence-electron chi connectivity index (χ4n) is 2.12. The van der Waals surface area contributed by atoms with Gasteiger partial charge in [-0.2, -0.15) is 5.10 Å². The average Bonchev–Trinajstić information content (AvgIpc) is 2.92. The second kappa shape index (κ2) is 5.92. The summed E-state index contributed by atoms with van der Waals surface area (Å²) in [5.41, 5.74) is 5.30. The highest BCUT2D eigenvalue weighted by Crippen LogP contribution is 2.29. The monoisotopic (exact) mass is 253 g/mol. The summed E-state index contributed by atoms with van der Waals surface area (Å²) in [6.45, 7) is 2.11. The van der Waals surface area contributed by atoms with Gasteiger partial charge in [0, 0.05) is 32.7 Å². The number of rotatable bonds is 5. The van der Waals surface area contributed by atoms with Crippen molar-refractivity contribution in [2.24, 2.45) is 11.1 Å². The van der Waals surface area contributed by atoms with Gasteiger partial charge in [0.1, 0.15) is 12.2 Å². The van der Waals surface area contributed by atoms with Gasteiger partial charge in [-0.3, -0.25) is 9.89 Å². The molecule has 2 heterocycles. The minimum Gasteiger partial charge on any atom is -0.381 e. The van der Waals surface area contributed by atoms with E-state index in [1.165, 1.54) is 6.33 Å². The molecule has 0 atom stereocenters. The number of carbonyl (C=O) groups is 1. The molecule has 1 aromatic heterocycles. The maximum Gasteiger partial charge on any atom is 0.227 e. The van der Waals surface area contributed by atoms with Crippen molar-refractivity contribution in [3.63, 3.8) is 0 Å². The normalized spacial score (nSPS) is 18.5. The van der Waals surface area contributed by atoms with Crippen LogP contribution in [0.5, 0.6) is 0 Å². The van der Waals surface area contributed by atoms with Crippen LogP contribution in [0.25, 0.3) is 0 Å². The van der Waals surface area contributed by atoms with Crippen LogP contribution in [0.2, 0.25) is 0 Å². The predicted molar refractivity (Wildman–Crippen MR) is 64.6 cm³/mol. The molecule has 0 aliphatic carbocycles. The number of carbonyl (C=O) groups excluding carboxylic acids is 1. The van der Waals surface area contributed by atoms with Gasteiger partial charge in [0.05, 0.1) is 5.41 Å². The number of nitrogens with two attached hydrogens (primary N) is 1. The molecule has 4 N–H and O–H groups in total. The Balaban J connectivity index is 1.82. The minimum absolute atomic E-state index is 0.0211. The number of aromatic amines is 1. The topological polar surface area (TPSA) is 106 Å². The molecule has 1 aliphatic rings. The van der Waals surface area contributed by atoms with Crippen LogP contribution in [0.1, 0.15) is 18.7 Å². The van der Waals surface area contributed by atoms with Crippen LogP contribution in [-0.4, -0.2) is 47.4 Å². The van der Waals surface area contributed by atoms with Crippen molar-refractivity contribution in [1.29, 1.82) is 0 Å². The summed E-state index contributed by atoms with van der Waals surface area (Å²) >= 11 is 0. The molecule has 1 aliphatic heterocycles. The van der Waals surface area contributed by atoms with Gasteiger partial charge in [0.15, 0.2) is 0 Å². The van der Waals surface area contributed by atoms with Crippen molar-refractivity contribution >= 4 is 5.91 Å². The van der Waals surface area contributed by atoms with Crippen LogP contribution in [0.4, 0.5) is 0 Å². The van der Waals surface area contributed by atoms with Crippen molar-refractivity contribution in [3.05, 3.63) is 12.2 Å². The van der Waals surface area contributed by atoms with Crippen molar-refractivity contribution in [2.45, 2.75) is 19.3 Å². The summed E-state index contributed by atoms with van der Waals surface area (Å²) in [6.07, 6.45) is 3.48. The van der Waals surface area contributed by atoms with E-state index in [2.05, 4.69) is 20.5 Å². The van der Waals surface area contributed by atoms with Crippen molar-refractivity contribution < 1.29 is 9.53 Å². The quantitative estimate of drug-likeness (QED) is 0.638. The molecule has 1 amide bonds. The van der Waals surface area contributed by atoms with Gasteiger partial charge in [-0.15, -0.1) is 0 Å². The van der Waals surface area contributed by atoms with E-state index in [1.807, 2.05) is 0 Å². The maximum atomic E-state index is 12.2. The molecule has 7 nitrogen and oxygen atoms in total. The number of nitrogens with zero attached hydrogens (tertiary/aromatic N) is 2. The van der Waals surface area contributed by atoms with E-state index >= 15 is 0 Å². The Hall–Kier alpha value is -1.47. The summed E-state index contributed by atoms with van der Waals surface area (Å²) in [7, 11) is 0. The summed E-state index contributed by atoms with van der Waals surface area (Å²) in [5, 5.41) is 9.43. The van der Waals surface area contributed by atoms with Crippen LogP contribution in [0, 0.1) is 5.41 Å². The van der Waals surface area contributed by atoms with E-state index in [0.29, 0.717) is 45.6 Å². The Morgan fingerprint density at radius 3 is 2.94 bits per heavy atom. The summed E-state index contributed by atoms with van der Waals surface area (Å²) in [5.74, 6) is 0.789. The van der Waals surface area contributed by atoms with Crippen LogP contribution >= 0.6 is 0 Å². The highest BCUT2D eigenvalue weighted by Gasteiger charge is 2.38. The van der Waals surface area contributed by atoms with Crippen molar-refractivity contribution in [2.75, 3.05) is 26.3 Å². The first kappa shape index (κ1) is 13.0. The number of amides is 1. The van der Waals surface area contributed by atoms with Gasteiger partial charge in [0.25, 0.3) is 0 Å². The van der Waals surface area contributed by atoms with Crippen molar-refractivity contribution in [3.8, 4) is 0 Å². The maximum absolute atomic E-state index is 12.2. The molecule has 1 aromatic rings. The molecular weight excluding hydrogens is 234 g/mol. The third-order valence-corrected chi connectivity index (χ3v) is 3.43. The minimum atomic E-state index is -0.459. The number of H-pyrrole nitrogens is 1.